The summed E-state index contributed by atoms with van der Waals surface area (Å²) in [5.74, 6) is 0. The molecule has 5 heteroatoms. The Morgan fingerprint density at radius 2 is 2.00 bits per heavy atom. The largest absolute Gasteiger partial charge is 0.444 e. The molecule has 1 aliphatic rings. The first-order valence-electron chi connectivity index (χ1n) is 6.92. The molecule has 1 amide bonds. The number of morpholine rings is 1. The molecule has 1 aliphatic heterocycles. The van der Waals surface area contributed by atoms with Crippen molar-refractivity contribution in [2.75, 3.05) is 26.2 Å². The third kappa shape index (κ3) is 5.78. The minimum Gasteiger partial charge on any atom is -0.444 e. The summed E-state index contributed by atoms with van der Waals surface area (Å²) in [4.78, 5) is 13.7. The normalized spacial score (nSPS) is 21.4. The number of amides is 1. The van der Waals surface area contributed by atoms with Crippen molar-refractivity contribution in [3.63, 3.8) is 0 Å². The average molecular weight is 272 g/mol. The first-order valence-corrected chi connectivity index (χ1v) is 6.92. The Balaban J connectivity index is 2.53. The molecule has 0 spiro atoms. The summed E-state index contributed by atoms with van der Waals surface area (Å²) in [6, 6.07) is 0. The molecule has 0 aromatic carbocycles. The summed E-state index contributed by atoms with van der Waals surface area (Å²) >= 11 is 0. The number of carbonyl (C=O) groups excluding carboxylic acids is 1. The van der Waals surface area contributed by atoms with Gasteiger partial charge in [0.15, 0.2) is 0 Å². The van der Waals surface area contributed by atoms with Gasteiger partial charge in [-0.15, -0.1) is 0 Å². The molecular formula is C14H28N2O3. The monoisotopic (exact) mass is 272 g/mol. The highest BCUT2D eigenvalue weighted by atomic mass is 16.6. The lowest BCUT2D eigenvalue weighted by molar-refractivity contribution is -0.0548. The molecule has 1 atom stereocenters. The molecule has 1 saturated heterocycles. The predicted molar refractivity (Wildman–Crippen MR) is 75.0 cm³/mol. The Morgan fingerprint density at radius 1 is 1.37 bits per heavy atom. The van der Waals surface area contributed by atoms with E-state index in [1.165, 1.54) is 0 Å². The zero-order valence-corrected chi connectivity index (χ0v) is 12.9. The van der Waals surface area contributed by atoms with Gasteiger partial charge in [0, 0.05) is 6.54 Å². The van der Waals surface area contributed by atoms with E-state index in [0.717, 1.165) is 6.42 Å². The second-order valence-corrected chi connectivity index (χ2v) is 6.99. The second kappa shape index (κ2) is 6.09. The molecule has 2 N–H and O–H groups in total. The van der Waals surface area contributed by atoms with Crippen LogP contribution in [-0.2, 0) is 9.47 Å². The van der Waals surface area contributed by atoms with Crippen LogP contribution in [0.2, 0.25) is 0 Å². The Labute approximate surface area is 116 Å². The molecule has 0 saturated carbocycles. The van der Waals surface area contributed by atoms with Crippen LogP contribution in [-0.4, -0.2) is 48.9 Å². The number of nitrogens with zero attached hydrogens (tertiary/aromatic N) is 1. The maximum absolute atomic E-state index is 12.0. The minimum absolute atomic E-state index is 0.0294. The zero-order chi connectivity index (χ0) is 14.7. The van der Waals surface area contributed by atoms with Crippen LogP contribution in [0, 0.1) is 5.41 Å². The van der Waals surface area contributed by atoms with Gasteiger partial charge >= 0.3 is 6.09 Å². The summed E-state index contributed by atoms with van der Waals surface area (Å²) in [5, 5.41) is 0. The van der Waals surface area contributed by atoms with Crippen molar-refractivity contribution in [2.24, 2.45) is 11.1 Å². The highest BCUT2D eigenvalue weighted by Gasteiger charge is 2.31. The molecule has 112 valence electrons. The van der Waals surface area contributed by atoms with E-state index in [1.807, 2.05) is 20.8 Å². The topological polar surface area (TPSA) is 64.8 Å². The minimum atomic E-state index is -0.457. The van der Waals surface area contributed by atoms with Gasteiger partial charge in [-0.2, -0.15) is 0 Å². The summed E-state index contributed by atoms with van der Waals surface area (Å²) in [7, 11) is 0. The van der Waals surface area contributed by atoms with Crippen LogP contribution in [0.25, 0.3) is 0 Å². The van der Waals surface area contributed by atoms with Gasteiger partial charge in [-0.05, 0) is 39.2 Å². The number of ether oxygens (including phenoxy) is 2. The van der Waals surface area contributed by atoms with Gasteiger partial charge in [-0.1, -0.05) is 13.8 Å². The number of hydrogen-bond acceptors (Lipinski definition) is 4. The van der Waals surface area contributed by atoms with Crippen LogP contribution in [0.4, 0.5) is 4.79 Å². The smallest absolute Gasteiger partial charge is 0.410 e. The van der Waals surface area contributed by atoms with Crippen molar-refractivity contribution in [3.8, 4) is 0 Å². The van der Waals surface area contributed by atoms with Crippen LogP contribution in [0.3, 0.4) is 0 Å². The molecule has 1 rings (SSSR count). The van der Waals surface area contributed by atoms with Gasteiger partial charge in [0.1, 0.15) is 5.60 Å². The summed E-state index contributed by atoms with van der Waals surface area (Å²) in [6.07, 6.45) is 0.633. The lowest BCUT2D eigenvalue weighted by Crippen LogP contribution is -2.48. The predicted octanol–water partition coefficient (Wildman–Crippen LogP) is 2.00. The first kappa shape index (κ1) is 16.2. The average Bonchev–Trinajstić information content (AvgIpc) is 2.26. The van der Waals surface area contributed by atoms with Gasteiger partial charge < -0.3 is 20.1 Å². The van der Waals surface area contributed by atoms with E-state index < -0.39 is 5.60 Å². The van der Waals surface area contributed by atoms with E-state index in [9.17, 15) is 4.79 Å². The fourth-order valence-corrected chi connectivity index (χ4v) is 2.03. The van der Waals surface area contributed by atoms with Gasteiger partial charge in [-0.25, -0.2) is 4.79 Å². The number of carbonyl (C=O) groups is 1. The van der Waals surface area contributed by atoms with E-state index in [4.69, 9.17) is 15.2 Å². The highest BCUT2D eigenvalue weighted by molar-refractivity contribution is 5.68. The van der Waals surface area contributed by atoms with Crippen LogP contribution >= 0.6 is 0 Å². The first-order chi connectivity index (χ1) is 8.63. The van der Waals surface area contributed by atoms with Gasteiger partial charge in [0.25, 0.3) is 0 Å². The Kier molecular flexibility index (Phi) is 5.21. The molecule has 1 unspecified atom stereocenters. The zero-order valence-electron chi connectivity index (χ0n) is 12.9. The molecule has 1 heterocycles. The Bertz CT molecular complexity index is 310. The van der Waals surface area contributed by atoms with Gasteiger partial charge in [-0.3, -0.25) is 0 Å². The van der Waals surface area contributed by atoms with Crippen molar-refractivity contribution < 1.29 is 14.3 Å². The lowest BCUT2D eigenvalue weighted by atomic mass is 9.86. The SMILES string of the molecule is CC(C)(CN)CC1CN(C(=O)OC(C)(C)C)CCO1. The van der Waals surface area contributed by atoms with Crippen LogP contribution in [0.15, 0.2) is 0 Å². The Hall–Kier alpha value is -0.810. The van der Waals surface area contributed by atoms with Crippen LogP contribution < -0.4 is 5.73 Å². The van der Waals surface area contributed by atoms with Crippen molar-refractivity contribution >= 4 is 6.09 Å². The molecule has 19 heavy (non-hydrogen) atoms. The van der Waals surface area contributed by atoms with E-state index in [0.29, 0.717) is 26.2 Å². The number of nitrogens with two attached hydrogens (primary N) is 1. The molecule has 0 aromatic rings. The van der Waals surface area contributed by atoms with Crippen LogP contribution in [0.1, 0.15) is 41.0 Å². The summed E-state index contributed by atoms with van der Waals surface area (Å²) in [5.41, 5.74) is 5.31. The summed E-state index contributed by atoms with van der Waals surface area (Å²) < 4.78 is 11.1. The molecule has 0 aliphatic carbocycles. The molecule has 0 bridgehead atoms. The fourth-order valence-electron chi connectivity index (χ4n) is 2.03. The Morgan fingerprint density at radius 3 is 2.53 bits per heavy atom. The van der Waals surface area contributed by atoms with E-state index >= 15 is 0 Å². The van der Waals surface area contributed by atoms with E-state index in [1.54, 1.807) is 4.90 Å². The van der Waals surface area contributed by atoms with Gasteiger partial charge in [0.05, 0.1) is 19.3 Å². The number of hydrogen-bond donors (Lipinski definition) is 1. The maximum Gasteiger partial charge on any atom is 0.410 e. The van der Waals surface area contributed by atoms with Gasteiger partial charge in [0.2, 0.25) is 0 Å². The molecule has 0 aromatic heterocycles. The quantitative estimate of drug-likeness (QED) is 0.853. The highest BCUT2D eigenvalue weighted by Crippen LogP contribution is 2.24. The molecule has 1 fully saturated rings. The van der Waals surface area contributed by atoms with Crippen molar-refractivity contribution in [1.29, 1.82) is 0 Å². The molecular weight excluding hydrogens is 244 g/mol. The summed E-state index contributed by atoms with van der Waals surface area (Å²) in [6.45, 7) is 12.2. The lowest BCUT2D eigenvalue weighted by Gasteiger charge is -2.37. The molecule has 5 nitrogen and oxygen atoms in total. The van der Waals surface area contributed by atoms with E-state index in [2.05, 4.69) is 13.8 Å². The van der Waals surface area contributed by atoms with Crippen molar-refractivity contribution in [3.05, 3.63) is 0 Å². The molecule has 0 radical (unpaired) electrons. The fraction of sp³-hybridized carbons (Fsp3) is 0.929. The van der Waals surface area contributed by atoms with Crippen LogP contribution in [0.5, 0.6) is 0 Å². The third-order valence-electron chi connectivity index (χ3n) is 3.12. The standard InChI is InChI=1S/C14H28N2O3/c1-13(2,3)19-12(17)16-6-7-18-11(9-16)8-14(4,5)10-15/h11H,6-10,15H2,1-5H3. The second-order valence-electron chi connectivity index (χ2n) is 6.99. The van der Waals surface area contributed by atoms with Crippen molar-refractivity contribution in [2.45, 2.75) is 52.7 Å². The van der Waals surface area contributed by atoms with E-state index in [-0.39, 0.29) is 17.6 Å². The third-order valence-corrected chi connectivity index (χ3v) is 3.12. The van der Waals surface area contributed by atoms with Crippen molar-refractivity contribution in [1.82, 2.24) is 4.90 Å². The maximum atomic E-state index is 12.0. The number of rotatable bonds is 3.